The average Bonchev–Trinajstić information content (AvgIpc) is 3.39. The van der Waals surface area contributed by atoms with E-state index < -0.39 is 0 Å². The molecule has 0 fully saturated rings. The Labute approximate surface area is 180 Å². The number of thiophene rings is 2. The van der Waals surface area contributed by atoms with Gasteiger partial charge >= 0.3 is 0 Å². The Kier molecular flexibility index (Phi) is 7.23. The van der Waals surface area contributed by atoms with Crippen LogP contribution in [0.3, 0.4) is 0 Å². The molecule has 3 rings (SSSR count). The lowest BCUT2D eigenvalue weighted by Gasteiger charge is -2.21. The lowest BCUT2D eigenvalue weighted by Crippen LogP contribution is -2.34. The topological polar surface area (TPSA) is 58.2 Å². The minimum absolute atomic E-state index is 0.0940. The Hall–Kier alpha value is -2.44. The molecule has 0 aliphatic carbocycles. The fourth-order valence-corrected chi connectivity index (χ4v) is 4.79. The molecule has 0 radical (unpaired) electrons. The van der Waals surface area contributed by atoms with Gasteiger partial charge in [0.1, 0.15) is 0 Å². The first kappa shape index (κ1) is 21.3. The Balaban J connectivity index is 1.78. The van der Waals surface area contributed by atoms with Crippen molar-refractivity contribution < 1.29 is 9.59 Å². The smallest absolute Gasteiger partial charge is 0.223 e. The summed E-state index contributed by atoms with van der Waals surface area (Å²) in [6.07, 6.45) is 0.200. The molecule has 0 aliphatic heterocycles. The minimum Gasteiger partial charge on any atom is -0.348 e. The third-order valence-corrected chi connectivity index (χ3v) is 6.65. The maximum atomic E-state index is 12.9. The van der Waals surface area contributed by atoms with Gasteiger partial charge in [-0.3, -0.25) is 9.59 Å². The van der Waals surface area contributed by atoms with Gasteiger partial charge in [-0.2, -0.15) is 0 Å². The maximum Gasteiger partial charge on any atom is 0.223 e. The number of benzene rings is 1. The summed E-state index contributed by atoms with van der Waals surface area (Å²) in [6, 6.07) is 15.8. The lowest BCUT2D eigenvalue weighted by atomic mass is 9.98. The predicted octanol–water partition coefficient (Wildman–Crippen LogP) is 5.41. The zero-order valence-corrected chi connectivity index (χ0v) is 18.5. The van der Waals surface area contributed by atoms with Crippen LogP contribution in [0.15, 0.2) is 59.3 Å². The van der Waals surface area contributed by atoms with E-state index in [4.69, 9.17) is 0 Å². The highest BCUT2D eigenvalue weighted by molar-refractivity contribution is 7.10. The lowest BCUT2D eigenvalue weighted by molar-refractivity contribution is -0.123. The molecule has 0 saturated heterocycles. The van der Waals surface area contributed by atoms with Crippen molar-refractivity contribution in [3.05, 3.63) is 80.2 Å². The molecule has 6 heteroatoms. The van der Waals surface area contributed by atoms with Crippen molar-refractivity contribution in [2.24, 2.45) is 0 Å². The van der Waals surface area contributed by atoms with Crippen molar-refractivity contribution in [1.29, 1.82) is 0 Å². The summed E-state index contributed by atoms with van der Waals surface area (Å²) in [5.41, 5.74) is 2.32. The third kappa shape index (κ3) is 5.78. The summed E-state index contributed by atoms with van der Waals surface area (Å²) in [7, 11) is 0. The summed E-state index contributed by atoms with van der Waals surface area (Å²) in [6.45, 7) is 5.81. The van der Waals surface area contributed by atoms with Crippen LogP contribution in [0, 0.1) is 0 Å². The predicted molar refractivity (Wildman–Crippen MR) is 120 cm³/mol. The standard InChI is InChI=1S/C23H26N2O2S2/c1-15(2)17-8-10-18(11-9-17)23(21-7-5-13-29-21)25-22(27)14-19(24-16(3)26)20-6-4-12-28-20/h4-13,15,19,23H,14H2,1-3H3,(H,24,26)(H,25,27)/t19-,23-/m1/s1. The molecular weight excluding hydrogens is 400 g/mol. The van der Waals surface area contributed by atoms with Gasteiger partial charge < -0.3 is 10.6 Å². The molecule has 2 heterocycles. The Morgan fingerprint density at radius 3 is 1.97 bits per heavy atom. The molecule has 1 aromatic carbocycles. The van der Waals surface area contributed by atoms with E-state index in [1.54, 1.807) is 11.3 Å². The molecular formula is C23H26N2O2S2. The van der Waals surface area contributed by atoms with E-state index in [1.165, 1.54) is 23.8 Å². The molecule has 2 amide bonds. The highest BCUT2D eigenvalue weighted by Crippen LogP contribution is 2.29. The molecule has 0 aliphatic rings. The van der Waals surface area contributed by atoms with Gasteiger partial charge in [-0.25, -0.2) is 0 Å². The van der Waals surface area contributed by atoms with E-state index in [2.05, 4.69) is 48.7 Å². The van der Waals surface area contributed by atoms with Crippen LogP contribution < -0.4 is 10.6 Å². The van der Waals surface area contributed by atoms with Crippen LogP contribution in [0.5, 0.6) is 0 Å². The number of amides is 2. The zero-order chi connectivity index (χ0) is 20.8. The van der Waals surface area contributed by atoms with Gasteiger partial charge in [-0.1, -0.05) is 50.2 Å². The Morgan fingerprint density at radius 2 is 1.45 bits per heavy atom. The van der Waals surface area contributed by atoms with Gasteiger partial charge in [0.15, 0.2) is 0 Å². The van der Waals surface area contributed by atoms with Crippen LogP contribution in [0.4, 0.5) is 0 Å². The summed E-state index contributed by atoms with van der Waals surface area (Å²) in [5.74, 6) is 0.224. The van der Waals surface area contributed by atoms with Crippen LogP contribution in [0.1, 0.15) is 66.1 Å². The first-order valence-corrected chi connectivity index (χ1v) is 11.4. The van der Waals surface area contributed by atoms with Crippen molar-refractivity contribution in [3.63, 3.8) is 0 Å². The maximum absolute atomic E-state index is 12.9. The summed E-state index contributed by atoms with van der Waals surface area (Å²) in [4.78, 5) is 26.6. The van der Waals surface area contributed by atoms with Crippen molar-refractivity contribution >= 4 is 34.5 Å². The monoisotopic (exact) mass is 426 g/mol. The van der Waals surface area contributed by atoms with Crippen LogP contribution in [0.25, 0.3) is 0 Å². The first-order chi connectivity index (χ1) is 13.9. The van der Waals surface area contributed by atoms with Gasteiger partial charge in [0.05, 0.1) is 18.5 Å². The second kappa shape index (κ2) is 9.85. The van der Waals surface area contributed by atoms with Gasteiger partial charge in [0.2, 0.25) is 11.8 Å². The van der Waals surface area contributed by atoms with Gasteiger partial charge in [-0.05, 0) is 39.9 Å². The minimum atomic E-state index is -0.320. The third-order valence-electron chi connectivity index (χ3n) is 4.72. The quantitative estimate of drug-likeness (QED) is 0.506. The van der Waals surface area contributed by atoms with E-state index in [9.17, 15) is 9.59 Å². The molecule has 0 spiro atoms. The summed E-state index contributed by atoms with van der Waals surface area (Å²) < 4.78 is 0. The second-order valence-electron chi connectivity index (χ2n) is 7.31. The van der Waals surface area contributed by atoms with Crippen molar-refractivity contribution in [2.45, 2.75) is 45.2 Å². The average molecular weight is 427 g/mol. The summed E-state index contributed by atoms with van der Waals surface area (Å²) >= 11 is 3.16. The number of hydrogen-bond acceptors (Lipinski definition) is 4. The molecule has 2 aromatic heterocycles. The Bertz CT molecular complexity index is 916. The fraction of sp³-hybridized carbons (Fsp3) is 0.304. The molecule has 29 heavy (non-hydrogen) atoms. The Morgan fingerprint density at radius 1 is 0.862 bits per heavy atom. The van der Waals surface area contributed by atoms with Gasteiger partial charge in [0, 0.05) is 16.7 Å². The number of hydrogen-bond donors (Lipinski definition) is 2. The van der Waals surface area contributed by atoms with E-state index in [-0.39, 0.29) is 30.3 Å². The van der Waals surface area contributed by atoms with Crippen LogP contribution in [-0.4, -0.2) is 11.8 Å². The number of carbonyl (C=O) groups excluding carboxylic acids is 2. The number of rotatable bonds is 8. The van der Waals surface area contributed by atoms with Crippen LogP contribution >= 0.6 is 22.7 Å². The zero-order valence-electron chi connectivity index (χ0n) is 16.8. The van der Waals surface area contributed by atoms with Crippen molar-refractivity contribution in [2.75, 3.05) is 0 Å². The van der Waals surface area contributed by atoms with E-state index in [0.717, 1.165) is 15.3 Å². The molecule has 0 saturated carbocycles. The van der Waals surface area contributed by atoms with E-state index in [0.29, 0.717) is 5.92 Å². The molecule has 152 valence electrons. The van der Waals surface area contributed by atoms with Crippen molar-refractivity contribution in [3.8, 4) is 0 Å². The summed E-state index contributed by atoms with van der Waals surface area (Å²) in [5, 5.41) is 10.0. The molecule has 3 aromatic rings. The van der Waals surface area contributed by atoms with Gasteiger partial charge in [-0.15, -0.1) is 22.7 Å². The first-order valence-electron chi connectivity index (χ1n) is 9.67. The molecule has 2 atom stereocenters. The molecule has 0 bridgehead atoms. The van der Waals surface area contributed by atoms with Crippen LogP contribution in [0.2, 0.25) is 0 Å². The van der Waals surface area contributed by atoms with Crippen molar-refractivity contribution in [1.82, 2.24) is 10.6 Å². The number of nitrogens with one attached hydrogen (secondary N) is 2. The second-order valence-corrected chi connectivity index (χ2v) is 9.27. The normalized spacial score (nSPS) is 13.1. The molecule has 0 unspecified atom stereocenters. The fourth-order valence-electron chi connectivity index (χ4n) is 3.21. The highest BCUT2D eigenvalue weighted by atomic mass is 32.1. The number of carbonyl (C=O) groups is 2. The SMILES string of the molecule is CC(=O)N[C@H](CC(=O)N[C@H](c1ccc(C(C)C)cc1)c1cccs1)c1cccs1. The highest BCUT2D eigenvalue weighted by Gasteiger charge is 2.22. The van der Waals surface area contributed by atoms with Crippen LogP contribution in [-0.2, 0) is 9.59 Å². The van der Waals surface area contributed by atoms with E-state index >= 15 is 0 Å². The van der Waals surface area contributed by atoms with Gasteiger partial charge in [0.25, 0.3) is 0 Å². The molecule has 4 nitrogen and oxygen atoms in total. The van der Waals surface area contributed by atoms with E-state index in [1.807, 2.05) is 35.0 Å². The largest absolute Gasteiger partial charge is 0.348 e. The molecule has 2 N–H and O–H groups in total.